The summed E-state index contributed by atoms with van der Waals surface area (Å²) in [6, 6.07) is 6.29. The lowest BCUT2D eigenvalue weighted by molar-refractivity contribution is -0.137. The topological polar surface area (TPSA) is 52.6 Å². The molecule has 0 saturated heterocycles. The smallest absolute Gasteiger partial charge is 0.379 e. The van der Waals surface area contributed by atoms with Gasteiger partial charge in [-0.1, -0.05) is 0 Å². The number of esters is 1. The summed E-state index contributed by atoms with van der Waals surface area (Å²) in [5.74, 6) is -0.836. The number of benzene rings is 1. The van der Waals surface area contributed by atoms with Gasteiger partial charge in [-0.3, -0.25) is 4.79 Å². The van der Waals surface area contributed by atoms with Crippen LogP contribution in [0.15, 0.2) is 24.3 Å². The van der Waals surface area contributed by atoms with E-state index in [0.717, 1.165) is 0 Å². The van der Waals surface area contributed by atoms with Crippen LogP contribution in [0, 0.1) is 0 Å². The van der Waals surface area contributed by atoms with Crippen molar-refractivity contribution in [1.29, 1.82) is 0 Å². The van der Waals surface area contributed by atoms with Gasteiger partial charge in [0, 0.05) is 5.56 Å². The first kappa shape index (κ1) is 11.2. The van der Waals surface area contributed by atoms with E-state index in [9.17, 15) is 9.59 Å². The maximum atomic E-state index is 11.4. The second-order valence-corrected chi connectivity index (χ2v) is 2.78. The van der Waals surface area contributed by atoms with Crippen LogP contribution in [0.5, 0.6) is 5.75 Å². The van der Waals surface area contributed by atoms with E-state index in [-0.39, 0.29) is 6.61 Å². The highest BCUT2D eigenvalue weighted by Gasteiger charge is 2.16. The summed E-state index contributed by atoms with van der Waals surface area (Å²) < 4.78 is 9.52. The Morgan fingerprint density at radius 3 is 2.27 bits per heavy atom. The molecule has 0 fully saturated rings. The molecule has 0 aliphatic carbocycles. The number of hydrogen-bond acceptors (Lipinski definition) is 4. The SMILES string of the molecule is CCOC(=O)C(=O)c1ccc(OC)cc1. The first-order chi connectivity index (χ1) is 7.19. The highest BCUT2D eigenvalue weighted by Crippen LogP contribution is 2.11. The minimum atomic E-state index is -0.831. The summed E-state index contributed by atoms with van der Waals surface area (Å²) in [4.78, 5) is 22.5. The molecule has 4 nitrogen and oxygen atoms in total. The molecule has 0 amide bonds. The van der Waals surface area contributed by atoms with Crippen molar-refractivity contribution in [3.05, 3.63) is 29.8 Å². The van der Waals surface area contributed by atoms with Gasteiger partial charge in [-0.05, 0) is 31.2 Å². The standard InChI is InChI=1S/C11H12O4/c1-3-15-11(13)10(12)8-4-6-9(14-2)7-5-8/h4-7H,3H2,1-2H3. The number of carbonyl (C=O) groups is 2. The van der Waals surface area contributed by atoms with Crippen molar-refractivity contribution in [3.8, 4) is 5.75 Å². The van der Waals surface area contributed by atoms with E-state index >= 15 is 0 Å². The molecule has 1 rings (SSSR count). The number of ether oxygens (including phenoxy) is 2. The lowest BCUT2D eigenvalue weighted by Crippen LogP contribution is -2.17. The van der Waals surface area contributed by atoms with Gasteiger partial charge in [-0.2, -0.15) is 0 Å². The van der Waals surface area contributed by atoms with E-state index in [1.54, 1.807) is 19.1 Å². The van der Waals surface area contributed by atoms with E-state index in [4.69, 9.17) is 4.74 Å². The average Bonchev–Trinajstić information content (AvgIpc) is 2.28. The number of hydrogen-bond donors (Lipinski definition) is 0. The maximum absolute atomic E-state index is 11.4. The molecule has 0 aliphatic rings. The van der Waals surface area contributed by atoms with Crippen LogP contribution >= 0.6 is 0 Å². The molecule has 0 unspecified atom stereocenters. The van der Waals surface area contributed by atoms with Crippen LogP contribution in [0.2, 0.25) is 0 Å². The molecule has 0 saturated carbocycles. The zero-order valence-electron chi connectivity index (χ0n) is 8.65. The Balaban J connectivity index is 2.78. The van der Waals surface area contributed by atoms with Gasteiger partial charge in [0.1, 0.15) is 5.75 Å². The molecule has 0 spiro atoms. The lowest BCUT2D eigenvalue weighted by atomic mass is 10.1. The third-order valence-corrected chi connectivity index (χ3v) is 1.81. The summed E-state index contributed by atoms with van der Waals surface area (Å²) in [7, 11) is 1.53. The van der Waals surface area contributed by atoms with Crippen LogP contribution in [0.1, 0.15) is 17.3 Å². The first-order valence-electron chi connectivity index (χ1n) is 4.54. The van der Waals surface area contributed by atoms with Crippen molar-refractivity contribution in [3.63, 3.8) is 0 Å². The Labute approximate surface area is 87.8 Å². The van der Waals surface area contributed by atoms with Crippen molar-refractivity contribution >= 4 is 11.8 Å². The quantitative estimate of drug-likeness (QED) is 0.427. The Morgan fingerprint density at radius 2 is 1.80 bits per heavy atom. The van der Waals surface area contributed by atoms with Gasteiger partial charge < -0.3 is 9.47 Å². The number of rotatable bonds is 4. The predicted octanol–water partition coefficient (Wildman–Crippen LogP) is 1.44. The summed E-state index contributed by atoms with van der Waals surface area (Å²) in [5, 5.41) is 0. The molecule has 1 aromatic carbocycles. The Morgan fingerprint density at radius 1 is 1.20 bits per heavy atom. The monoisotopic (exact) mass is 208 g/mol. The van der Waals surface area contributed by atoms with Crippen LogP contribution in [0.3, 0.4) is 0 Å². The largest absolute Gasteiger partial charge is 0.497 e. The second-order valence-electron chi connectivity index (χ2n) is 2.78. The molecule has 0 N–H and O–H groups in total. The predicted molar refractivity (Wildman–Crippen MR) is 54.0 cm³/mol. The lowest BCUT2D eigenvalue weighted by Gasteiger charge is -2.02. The molecular formula is C11H12O4. The Bertz CT molecular complexity index is 353. The Kier molecular flexibility index (Phi) is 3.85. The van der Waals surface area contributed by atoms with Crippen molar-refractivity contribution in [2.75, 3.05) is 13.7 Å². The van der Waals surface area contributed by atoms with E-state index in [1.165, 1.54) is 19.2 Å². The van der Waals surface area contributed by atoms with Crippen LogP contribution in [0.25, 0.3) is 0 Å². The minimum Gasteiger partial charge on any atom is -0.497 e. The van der Waals surface area contributed by atoms with E-state index in [0.29, 0.717) is 11.3 Å². The zero-order valence-corrected chi connectivity index (χ0v) is 8.65. The number of carbonyl (C=O) groups excluding carboxylic acids is 2. The minimum absolute atomic E-state index is 0.195. The van der Waals surface area contributed by atoms with Gasteiger partial charge in [0.05, 0.1) is 13.7 Å². The number of ketones is 1. The molecular weight excluding hydrogens is 196 g/mol. The molecule has 0 aliphatic heterocycles. The van der Waals surface area contributed by atoms with Gasteiger partial charge in [-0.15, -0.1) is 0 Å². The summed E-state index contributed by atoms with van der Waals surface area (Å²) in [6.07, 6.45) is 0. The molecule has 4 heteroatoms. The molecule has 0 heterocycles. The van der Waals surface area contributed by atoms with Gasteiger partial charge in [0.25, 0.3) is 5.78 Å². The summed E-state index contributed by atoms with van der Waals surface area (Å²) in [6.45, 7) is 1.85. The van der Waals surface area contributed by atoms with Crippen LogP contribution in [-0.4, -0.2) is 25.5 Å². The summed E-state index contributed by atoms with van der Waals surface area (Å²) in [5.41, 5.74) is 0.300. The summed E-state index contributed by atoms with van der Waals surface area (Å²) >= 11 is 0. The maximum Gasteiger partial charge on any atom is 0.379 e. The van der Waals surface area contributed by atoms with E-state index in [2.05, 4.69) is 4.74 Å². The van der Waals surface area contributed by atoms with Crippen molar-refractivity contribution in [1.82, 2.24) is 0 Å². The molecule has 0 aromatic heterocycles. The van der Waals surface area contributed by atoms with Crippen LogP contribution in [-0.2, 0) is 9.53 Å². The number of Topliss-reactive ketones (excluding diaryl/α,β-unsaturated/α-hetero) is 1. The number of methoxy groups -OCH3 is 1. The van der Waals surface area contributed by atoms with Gasteiger partial charge in [-0.25, -0.2) is 4.79 Å². The van der Waals surface area contributed by atoms with Gasteiger partial charge >= 0.3 is 5.97 Å². The fourth-order valence-electron chi connectivity index (χ4n) is 1.06. The zero-order chi connectivity index (χ0) is 11.3. The van der Waals surface area contributed by atoms with E-state index < -0.39 is 11.8 Å². The third kappa shape index (κ3) is 2.80. The molecule has 80 valence electrons. The van der Waals surface area contributed by atoms with E-state index in [1.807, 2.05) is 0 Å². The third-order valence-electron chi connectivity index (χ3n) is 1.81. The molecule has 1 aromatic rings. The highest BCUT2D eigenvalue weighted by atomic mass is 16.5. The van der Waals surface area contributed by atoms with Crippen molar-refractivity contribution < 1.29 is 19.1 Å². The first-order valence-corrected chi connectivity index (χ1v) is 4.54. The fraction of sp³-hybridized carbons (Fsp3) is 0.273. The molecule has 0 bridgehead atoms. The van der Waals surface area contributed by atoms with Crippen LogP contribution in [0.4, 0.5) is 0 Å². The van der Waals surface area contributed by atoms with Crippen LogP contribution < -0.4 is 4.74 Å². The molecule has 0 atom stereocenters. The fourth-order valence-corrected chi connectivity index (χ4v) is 1.06. The van der Waals surface area contributed by atoms with Gasteiger partial charge in [0.2, 0.25) is 0 Å². The average molecular weight is 208 g/mol. The van der Waals surface area contributed by atoms with Crippen molar-refractivity contribution in [2.24, 2.45) is 0 Å². The second kappa shape index (κ2) is 5.14. The normalized spacial score (nSPS) is 9.47. The Hall–Kier alpha value is -1.84. The molecule has 0 radical (unpaired) electrons. The van der Waals surface area contributed by atoms with Gasteiger partial charge in [0.15, 0.2) is 0 Å². The van der Waals surface area contributed by atoms with Crippen molar-refractivity contribution in [2.45, 2.75) is 6.92 Å². The molecule has 15 heavy (non-hydrogen) atoms. The highest BCUT2D eigenvalue weighted by molar-refractivity contribution is 6.40.